The molecule has 0 heterocycles. The molecule has 0 radical (unpaired) electrons. The van der Waals surface area contributed by atoms with E-state index in [1.165, 1.54) is 18.2 Å². The van der Waals surface area contributed by atoms with Crippen molar-refractivity contribution < 1.29 is 9.90 Å². The summed E-state index contributed by atoms with van der Waals surface area (Å²) in [5.74, 6) is -1.04. The fraction of sp³-hybridized carbons (Fsp3) is 0. The van der Waals surface area contributed by atoms with Gasteiger partial charge in [0, 0.05) is 6.08 Å². The van der Waals surface area contributed by atoms with Crippen LogP contribution in [0.1, 0.15) is 5.56 Å². The number of rotatable bonds is 2. The van der Waals surface area contributed by atoms with Crippen molar-refractivity contribution in [3.8, 4) is 0 Å². The fourth-order valence-electron chi connectivity index (χ4n) is 0.839. The Hall–Kier alpha value is -0.700. The molecule has 0 aliphatic rings. The number of aliphatic carboxylic acids is 1. The van der Waals surface area contributed by atoms with Crippen molar-refractivity contribution >= 4 is 46.8 Å². The summed E-state index contributed by atoms with van der Waals surface area (Å²) in [6.07, 6.45) is 2.38. The SMILES string of the molecule is O=C(O)/C=C/c1cc(Cl)c(Cl)c(Cl)c1. The van der Waals surface area contributed by atoms with Crippen LogP contribution in [-0.4, -0.2) is 11.1 Å². The predicted molar refractivity (Wildman–Crippen MR) is 58.1 cm³/mol. The normalized spacial score (nSPS) is 10.8. The summed E-state index contributed by atoms with van der Waals surface area (Å²) in [6.45, 7) is 0. The molecule has 1 rings (SSSR count). The van der Waals surface area contributed by atoms with Crippen molar-refractivity contribution in [2.75, 3.05) is 0 Å². The molecule has 0 fully saturated rings. The Labute approximate surface area is 95.7 Å². The van der Waals surface area contributed by atoms with E-state index in [2.05, 4.69) is 0 Å². The van der Waals surface area contributed by atoms with Crippen molar-refractivity contribution in [1.82, 2.24) is 0 Å². The van der Waals surface area contributed by atoms with Gasteiger partial charge in [0.05, 0.1) is 15.1 Å². The maximum atomic E-state index is 10.2. The first kappa shape index (κ1) is 11.4. The molecule has 1 aromatic carbocycles. The maximum absolute atomic E-state index is 10.2. The van der Waals surface area contributed by atoms with E-state index in [0.29, 0.717) is 15.6 Å². The van der Waals surface area contributed by atoms with Crippen molar-refractivity contribution in [2.45, 2.75) is 0 Å². The van der Waals surface area contributed by atoms with E-state index >= 15 is 0 Å². The lowest BCUT2D eigenvalue weighted by molar-refractivity contribution is -0.131. The third-order valence-electron chi connectivity index (χ3n) is 1.42. The highest BCUT2D eigenvalue weighted by atomic mass is 35.5. The van der Waals surface area contributed by atoms with Crippen molar-refractivity contribution in [3.63, 3.8) is 0 Å². The Morgan fingerprint density at radius 2 is 1.71 bits per heavy atom. The van der Waals surface area contributed by atoms with Crippen molar-refractivity contribution in [1.29, 1.82) is 0 Å². The lowest BCUT2D eigenvalue weighted by atomic mass is 10.2. The molecule has 0 unspecified atom stereocenters. The topological polar surface area (TPSA) is 37.3 Å². The predicted octanol–water partition coefficient (Wildman–Crippen LogP) is 3.74. The highest BCUT2D eigenvalue weighted by Crippen LogP contribution is 2.31. The Morgan fingerprint density at radius 3 is 2.14 bits per heavy atom. The molecule has 14 heavy (non-hydrogen) atoms. The van der Waals surface area contributed by atoms with Crippen molar-refractivity contribution in [2.24, 2.45) is 0 Å². The Kier molecular flexibility index (Phi) is 3.81. The minimum Gasteiger partial charge on any atom is -0.478 e. The van der Waals surface area contributed by atoms with Gasteiger partial charge >= 0.3 is 5.97 Å². The smallest absolute Gasteiger partial charge is 0.328 e. The minimum atomic E-state index is -1.04. The highest BCUT2D eigenvalue weighted by Gasteiger charge is 2.04. The standard InChI is InChI=1S/C9H5Cl3O2/c10-6-3-5(1-2-8(13)14)4-7(11)9(6)12/h1-4H,(H,13,14)/b2-1+. The average Bonchev–Trinajstić information content (AvgIpc) is 2.10. The van der Waals surface area contributed by atoms with Gasteiger partial charge in [0.1, 0.15) is 0 Å². The van der Waals surface area contributed by atoms with E-state index in [1.807, 2.05) is 0 Å². The van der Waals surface area contributed by atoms with E-state index < -0.39 is 5.97 Å². The Morgan fingerprint density at radius 1 is 1.21 bits per heavy atom. The average molecular weight is 251 g/mol. The van der Waals surface area contributed by atoms with Gasteiger partial charge in [-0.15, -0.1) is 0 Å². The van der Waals surface area contributed by atoms with Crippen LogP contribution in [0.3, 0.4) is 0 Å². The molecule has 0 amide bonds. The third kappa shape index (κ3) is 2.91. The van der Waals surface area contributed by atoms with E-state index in [9.17, 15) is 4.79 Å². The summed E-state index contributed by atoms with van der Waals surface area (Å²) in [5.41, 5.74) is 0.590. The van der Waals surface area contributed by atoms with Crippen LogP contribution in [0.5, 0.6) is 0 Å². The summed E-state index contributed by atoms with van der Waals surface area (Å²) in [6, 6.07) is 3.07. The van der Waals surface area contributed by atoms with Gasteiger partial charge in [0.2, 0.25) is 0 Å². The summed E-state index contributed by atoms with van der Waals surface area (Å²) in [7, 11) is 0. The van der Waals surface area contributed by atoms with E-state index in [4.69, 9.17) is 39.9 Å². The molecule has 0 aliphatic carbocycles. The summed E-state index contributed by atoms with van der Waals surface area (Å²) in [5, 5.41) is 9.24. The first-order valence-corrected chi connectivity index (χ1v) is 4.69. The number of halogens is 3. The molecule has 0 saturated carbocycles. The first-order chi connectivity index (χ1) is 6.50. The Bertz CT molecular complexity index is 376. The molecule has 0 spiro atoms. The van der Waals surface area contributed by atoms with Gasteiger partial charge in [-0.3, -0.25) is 0 Å². The van der Waals surface area contributed by atoms with Crippen molar-refractivity contribution in [3.05, 3.63) is 38.8 Å². The molecule has 0 saturated heterocycles. The maximum Gasteiger partial charge on any atom is 0.328 e. The molecule has 0 aliphatic heterocycles. The third-order valence-corrected chi connectivity index (χ3v) is 2.62. The van der Waals surface area contributed by atoms with Crippen LogP contribution in [0.15, 0.2) is 18.2 Å². The van der Waals surface area contributed by atoms with Crippen LogP contribution in [0.4, 0.5) is 0 Å². The molecule has 74 valence electrons. The second kappa shape index (κ2) is 4.69. The second-order valence-corrected chi connectivity index (χ2v) is 3.66. The zero-order valence-corrected chi connectivity index (χ0v) is 9.07. The van der Waals surface area contributed by atoms with Gasteiger partial charge in [-0.2, -0.15) is 0 Å². The number of benzene rings is 1. The van der Waals surface area contributed by atoms with Gasteiger partial charge in [-0.25, -0.2) is 4.79 Å². The van der Waals surface area contributed by atoms with Crippen LogP contribution >= 0.6 is 34.8 Å². The lowest BCUT2D eigenvalue weighted by Gasteiger charge is -2.00. The summed E-state index contributed by atoms with van der Waals surface area (Å²) >= 11 is 17.2. The molecule has 0 atom stereocenters. The monoisotopic (exact) mass is 250 g/mol. The second-order valence-electron chi connectivity index (χ2n) is 2.47. The van der Waals surface area contributed by atoms with Gasteiger partial charge in [-0.1, -0.05) is 34.8 Å². The van der Waals surface area contributed by atoms with E-state index in [1.54, 1.807) is 0 Å². The number of hydrogen-bond acceptors (Lipinski definition) is 1. The number of carbonyl (C=O) groups is 1. The zero-order chi connectivity index (χ0) is 10.7. The molecule has 1 aromatic rings. The number of carboxylic acid groups (broad SMARTS) is 1. The molecule has 5 heteroatoms. The van der Waals surface area contributed by atoms with Crippen LogP contribution in [-0.2, 0) is 4.79 Å². The molecular formula is C9H5Cl3O2. The molecule has 1 N–H and O–H groups in total. The lowest BCUT2D eigenvalue weighted by Crippen LogP contribution is -1.85. The number of hydrogen-bond donors (Lipinski definition) is 1. The van der Waals surface area contributed by atoms with Crippen LogP contribution < -0.4 is 0 Å². The largest absolute Gasteiger partial charge is 0.478 e. The van der Waals surface area contributed by atoms with Gasteiger partial charge < -0.3 is 5.11 Å². The molecular weight excluding hydrogens is 246 g/mol. The molecule has 0 bridgehead atoms. The van der Waals surface area contributed by atoms with Gasteiger partial charge in [0.25, 0.3) is 0 Å². The Balaban J connectivity index is 3.07. The summed E-state index contributed by atoms with van der Waals surface area (Å²) in [4.78, 5) is 10.2. The minimum absolute atomic E-state index is 0.265. The fourth-order valence-corrected chi connectivity index (χ4v) is 1.45. The molecule has 2 nitrogen and oxygen atoms in total. The van der Waals surface area contributed by atoms with E-state index in [-0.39, 0.29) is 5.02 Å². The molecule has 0 aromatic heterocycles. The highest BCUT2D eigenvalue weighted by molar-refractivity contribution is 6.48. The van der Waals surface area contributed by atoms with Crippen LogP contribution in [0.25, 0.3) is 6.08 Å². The number of carboxylic acids is 1. The van der Waals surface area contributed by atoms with Gasteiger partial charge in [-0.05, 0) is 23.8 Å². The zero-order valence-electron chi connectivity index (χ0n) is 6.80. The quantitative estimate of drug-likeness (QED) is 0.642. The first-order valence-electron chi connectivity index (χ1n) is 3.56. The van der Waals surface area contributed by atoms with Crippen LogP contribution in [0.2, 0.25) is 15.1 Å². The van der Waals surface area contributed by atoms with Gasteiger partial charge in [0.15, 0.2) is 0 Å². The van der Waals surface area contributed by atoms with Crippen LogP contribution in [0, 0.1) is 0 Å². The van der Waals surface area contributed by atoms with E-state index in [0.717, 1.165) is 6.08 Å². The summed E-state index contributed by atoms with van der Waals surface area (Å²) < 4.78 is 0.